The third kappa shape index (κ3) is 1.75. The zero-order valence-corrected chi connectivity index (χ0v) is 10.4. The van der Waals surface area contributed by atoms with E-state index in [0.29, 0.717) is 5.92 Å². The van der Waals surface area contributed by atoms with E-state index in [1.807, 2.05) is 6.33 Å². The van der Waals surface area contributed by atoms with Crippen LogP contribution in [0.25, 0.3) is 11.3 Å². The van der Waals surface area contributed by atoms with Crippen LogP contribution in [0.15, 0.2) is 30.6 Å². The molecule has 0 aliphatic rings. The number of nitrogens with zero attached hydrogens (tertiary/aromatic N) is 2. The summed E-state index contributed by atoms with van der Waals surface area (Å²) in [5.41, 5.74) is 4.94. The minimum absolute atomic E-state index is 0.488. The molecule has 0 saturated carbocycles. The Morgan fingerprint density at radius 3 is 2.50 bits per heavy atom. The van der Waals surface area contributed by atoms with Crippen LogP contribution in [0, 0.1) is 6.92 Å². The van der Waals surface area contributed by atoms with Gasteiger partial charge in [0.05, 0.1) is 12.0 Å². The van der Waals surface area contributed by atoms with Crippen molar-refractivity contribution in [1.82, 2.24) is 9.55 Å². The topological polar surface area (TPSA) is 17.8 Å². The number of hydrogen-bond acceptors (Lipinski definition) is 1. The standard InChI is InChI=1S/C14H18N2/c1-10(2)14-13(15-9-16(14)4)12-8-6-5-7-11(12)3/h5-10H,1-4H3. The van der Waals surface area contributed by atoms with Gasteiger partial charge in [0, 0.05) is 18.3 Å². The molecule has 0 fully saturated rings. The summed E-state index contributed by atoms with van der Waals surface area (Å²) in [5.74, 6) is 0.488. The second-order valence-electron chi connectivity index (χ2n) is 4.56. The Hall–Kier alpha value is -1.57. The summed E-state index contributed by atoms with van der Waals surface area (Å²) >= 11 is 0. The number of aromatic nitrogens is 2. The predicted octanol–water partition coefficient (Wildman–Crippen LogP) is 3.52. The number of hydrogen-bond donors (Lipinski definition) is 0. The normalized spacial score (nSPS) is 11.1. The van der Waals surface area contributed by atoms with E-state index >= 15 is 0 Å². The van der Waals surface area contributed by atoms with Gasteiger partial charge in [0.25, 0.3) is 0 Å². The fraction of sp³-hybridized carbons (Fsp3) is 0.357. The second-order valence-corrected chi connectivity index (χ2v) is 4.56. The summed E-state index contributed by atoms with van der Waals surface area (Å²) in [6, 6.07) is 8.41. The summed E-state index contributed by atoms with van der Waals surface area (Å²) in [4.78, 5) is 4.53. The summed E-state index contributed by atoms with van der Waals surface area (Å²) in [7, 11) is 2.06. The largest absolute Gasteiger partial charge is 0.337 e. The number of benzene rings is 1. The molecule has 84 valence electrons. The molecule has 2 nitrogen and oxygen atoms in total. The molecule has 0 bridgehead atoms. The first-order valence-corrected chi connectivity index (χ1v) is 5.68. The van der Waals surface area contributed by atoms with Gasteiger partial charge >= 0.3 is 0 Å². The first kappa shape index (κ1) is 10.9. The Balaban J connectivity index is 2.61. The lowest BCUT2D eigenvalue weighted by Crippen LogP contribution is -1.99. The van der Waals surface area contributed by atoms with E-state index in [1.165, 1.54) is 16.8 Å². The van der Waals surface area contributed by atoms with E-state index in [1.54, 1.807) is 0 Å². The van der Waals surface area contributed by atoms with Crippen LogP contribution in [-0.2, 0) is 7.05 Å². The number of rotatable bonds is 2. The van der Waals surface area contributed by atoms with E-state index in [4.69, 9.17) is 0 Å². The van der Waals surface area contributed by atoms with Crippen LogP contribution in [0.5, 0.6) is 0 Å². The highest BCUT2D eigenvalue weighted by Crippen LogP contribution is 2.29. The van der Waals surface area contributed by atoms with Gasteiger partial charge in [0.15, 0.2) is 0 Å². The molecular formula is C14H18N2. The van der Waals surface area contributed by atoms with Crippen molar-refractivity contribution >= 4 is 0 Å². The first-order chi connectivity index (χ1) is 7.61. The van der Waals surface area contributed by atoms with Crippen LogP contribution in [0.1, 0.15) is 31.0 Å². The molecule has 0 N–H and O–H groups in total. The van der Waals surface area contributed by atoms with Gasteiger partial charge in [-0.3, -0.25) is 0 Å². The molecule has 0 radical (unpaired) electrons. The molecule has 0 saturated heterocycles. The predicted molar refractivity (Wildman–Crippen MR) is 67.5 cm³/mol. The lowest BCUT2D eigenvalue weighted by molar-refractivity contribution is 0.742. The smallest absolute Gasteiger partial charge is 0.0953 e. The minimum Gasteiger partial charge on any atom is -0.337 e. The summed E-state index contributed by atoms with van der Waals surface area (Å²) in [5, 5.41) is 0. The molecule has 0 aliphatic carbocycles. The van der Waals surface area contributed by atoms with Crippen molar-refractivity contribution in [3.63, 3.8) is 0 Å². The van der Waals surface area contributed by atoms with Gasteiger partial charge in [-0.1, -0.05) is 38.1 Å². The Morgan fingerprint density at radius 1 is 1.19 bits per heavy atom. The fourth-order valence-electron chi connectivity index (χ4n) is 2.17. The first-order valence-electron chi connectivity index (χ1n) is 5.68. The van der Waals surface area contributed by atoms with Crippen LogP contribution >= 0.6 is 0 Å². The van der Waals surface area contributed by atoms with Crippen molar-refractivity contribution in [3.05, 3.63) is 41.9 Å². The Labute approximate surface area is 97.0 Å². The molecule has 16 heavy (non-hydrogen) atoms. The minimum atomic E-state index is 0.488. The molecule has 0 amide bonds. The van der Waals surface area contributed by atoms with E-state index in [0.717, 1.165) is 5.69 Å². The van der Waals surface area contributed by atoms with Gasteiger partial charge in [0.1, 0.15) is 0 Å². The second kappa shape index (κ2) is 4.12. The van der Waals surface area contributed by atoms with Crippen LogP contribution in [0.2, 0.25) is 0 Å². The van der Waals surface area contributed by atoms with Crippen molar-refractivity contribution < 1.29 is 0 Å². The zero-order chi connectivity index (χ0) is 11.7. The Morgan fingerprint density at radius 2 is 1.88 bits per heavy atom. The van der Waals surface area contributed by atoms with Gasteiger partial charge in [-0.15, -0.1) is 0 Å². The Bertz CT molecular complexity index is 495. The van der Waals surface area contributed by atoms with Crippen molar-refractivity contribution in [2.45, 2.75) is 26.7 Å². The molecule has 0 atom stereocenters. The molecular weight excluding hydrogens is 196 g/mol. The van der Waals surface area contributed by atoms with Gasteiger partial charge in [-0.2, -0.15) is 0 Å². The van der Waals surface area contributed by atoms with Crippen molar-refractivity contribution in [2.24, 2.45) is 7.05 Å². The molecule has 0 aliphatic heterocycles. The van der Waals surface area contributed by atoms with E-state index < -0.39 is 0 Å². The highest BCUT2D eigenvalue weighted by atomic mass is 15.0. The van der Waals surface area contributed by atoms with E-state index in [-0.39, 0.29) is 0 Å². The third-order valence-electron chi connectivity index (χ3n) is 2.93. The van der Waals surface area contributed by atoms with Crippen molar-refractivity contribution in [2.75, 3.05) is 0 Å². The average molecular weight is 214 g/mol. The third-order valence-corrected chi connectivity index (χ3v) is 2.93. The summed E-state index contributed by atoms with van der Waals surface area (Å²) in [6.45, 7) is 6.55. The highest BCUT2D eigenvalue weighted by Gasteiger charge is 2.14. The van der Waals surface area contributed by atoms with Crippen LogP contribution in [0.3, 0.4) is 0 Å². The maximum atomic E-state index is 4.53. The maximum absolute atomic E-state index is 4.53. The van der Waals surface area contributed by atoms with Crippen molar-refractivity contribution in [1.29, 1.82) is 0 Å². The lowest BCUT2D eigenvalue weighted by Gasteiger charge is -2.11. The van der Waals surface area contributed by atoms with Crippen molar-refractivity contribution in [3.8, 4) is 11.3 Å². The SMILES string of the molecule is Cc1ccccc1-c1ncn(C)c1C(C)C. The van der Waals surface area contributed by atoms with Gasteiger partial charge < -0.3 is 4.57 Å². The zero-order valence-electron chi connectivity index (χ0n) is 10.4. The van der Waals surface area contributed by atoms with E-state index in [9.17, 15) is 0 Å². The van der Waals surface area contributed by atoms with Gasteiger partial charge in [-0.25, -0.2) is 4.98 Å². The quantitative estimate of drug-likeness (QED) is 0.748. The summed E-state index contributed by atoms with van der Waals surface area (Å²) < 4.78 is 2.12. The average Bonchev–Trinajstić information content (AvgIpc) is 2.61. The van der Waals surface area contributed by atoms with Crippen LogP contribution in [-0.4, -0.2) is 9.55 Å². The molecule has 0 spiro atoms. The number of aryl methyl sites for hydroxylation is 2. The van der Waals surface area contributed by atoms with E-state index in [2.05, 4.69) is 61.6 Å². The maximum Gasteiger partial charge on any atom is 0.0953 e. The van der Waals surface area contributed by atoms with Crippen LogP contribution in [0.4, 0.5) is 0 Å². The lowest BCUT2D eigenvalue weighted by atomic mass is 10.00. The molecule has 1 aromatic heterocycles. The molecule has 2 aromatic rings. The summed E-state index contributed by atoms with van der Waals surface area (Å²) in [6.07, 6.45) is 1.90. The monoisotopic (exact) mass is 214 g/mol. The number of imidazole rings is 1. The molecule has 2 rings (SSSR count). The molecule has 2 heteroatoms. The van der Waals surface area contributed by atoms with Gasteiger partial charge in [0.2, 0.25) is 0 Å². The Kier molecular flexibility index (Phi) is 2.82. The molecule has 0 unspecified atom stereocenters. The van der Waals surface area contributed by atoms with Crippen LogP contribution < -0.4 is 0 Å². The molecule has 1 heterocycles. The highest BCUT2D eigenvalue weighted by molar-refractivity contribution is 5.66. The van der Waals surface area contributed by atoms with Gasteiger partial charge in [-0.05, 0) is 18.4 Å². The molecule has 1 aromatic carbocycles. The fourth-order valence-corrected chi connectivity index (χ4v) is 2.17.